The van der Waals surface area contributed by atoms with Crippen LogP contribution in [0.15, 0.2) is 6.20 Å². The first-order valence-electron chi connectivity index (χ1n) is 5.15. The summed E-state index contributed by atoms with van der Waals surface area (Å²) in [4.78, 5) is 5.54. The molecule has 0 radical (unpaired) electrons. The maximum atomic E-state index is 4.21. The smallest absolute Gasteiger partial charge is 0.0897 e. The highest BCUT2D eigenvalue weighted by Crippen LogP contribution is 2.10. The first-order valence-corrected chi connectivity index (χ1v) is 5.97. The molecule has 0 aliphatic carbocycles. The molecule has 0 fully saturated rings. The van der Waals surface area contributed by atoms with Gasteiger partial charge in [0.2, 0.25) is 0 Å². The van der Waals surface area contributed by atoms with Crippen LogP contribution >= 0.6 is 11.3 Å². The lowest BCUT2D eigenvalue weighted by Gasteiger charge is -2.02. The lowest BCUT2D eigenvalue weighted by molar-refractivity contribution is 0.608. The standard InChI is InChI=1S/C10H19N3S/c1-3-11-5-4-6-12-7-10-8-13-9(2)14-10/h8,11-12H,3-7H2,1-2H3. The fraction of sp³-hybridized carbons (Fsp3) is 0.700. The summed E-state index contributed by atoms with van der Waals surface area (Å²) in [6, 6.07) is 0. The summed E-state index contributed by atoms with van der Waals surface area (Å²) in [7, 11) is 0. The van der Waals surface area contributed by atoms with Crippen molar-refractivity contribution in [3.8, 4) is 0 Å². The van der Waals surface area contributed by atoms with Gasteiger partial charge in [0.05, 0.1) is 5.01 Å². The molecule has 0 aliphatic heterocycles. The fourth-order valence-electron chi connectivity index (χ4n) is 1.21. The van der Waals surface area contributed by atoms with E-state index in [-0.39, 0.29) is 0 Å². The zero-order valence-electron chi connectivity index (χ0n) is 8.97. The molecule has 0 atom stereocenters. The van der Waals surface area contributed by atoms with Crippen LogP contribution in [0.4, 0.5) is 0 Å². The average molecular weight is 213 g/mol. The largest absolute Gasteiger partial charge is 0.317 e. The van der Waals surface area contributed by atoms with Crippen LogP contribution in [0.2, 0.25) is 0 Å². The lowest BCUT2D eigenvalue weighted by Crippen LogP contribution is -2.21. The van der Waals surface area contributed by atoms with Crippen LogP contribution in [-0.4, -0.2) is 24.6 Å². The van der Waals surface area contributed by atoms with Crippen LogP contribution in [0.25, 0.3) is 0 Å². The summed E-state index contributed by atoms with van der Waals surface area (Å²) in [5.74, 6) is 0. The molecule has 1 aromatic rings. The molecule has 2 N–H and O–H groups in total. The lowest BCUT2D eigenvalue weighted by atomic mass is 10.4. The van der Waals surface area contributed by atoms with Crippen LogP contribution in [0.1, 0.15) is 23.2 Å². The Hall–Kier alpha value is -0.450. The average Bonchev–Trinajstić information content (AvgIpc) is 2.58. The molecule has 3 nitrogen and oxygen atoms in total. The van der Waals surface area contributed by atoms with Crippen LogP contribution in [0.5, 0.6) is 0 Å². The Morgan fingerprint density at radius 3 is 2.79 bits per heavy atom. The van der Waals surface area contributed by atoms with E-state index in [9.17, 15) is 0 Å². The Balaban J connectivity index is 1.99. The molecular formula is C10H19N3S. The van der Waals surface area contributed by atoms with E-state index in [0.717, 1.165) is 31.2 Å². The minimum atomic E-state index is 0.956. The van der Waals surface area contributed by atoms with E-state index in [1.54, 1.807) is 11.3 Å². The van der Waals surface area contributed by atoms with E-state index in [1.165, 1.54) is 11.3 Å². The van der Waals surface area contributed by atoms with Gasteiger partial charge in [-0.2, -0.15) is 0 Å². The molecule has 0 spiro atoms. The number of hydrogen-bond acceptors (Lipinski definition) is 4. The first kappa shape index (κ1) is 11.6. The van der Waals surface area contributed by atoms with Crippen LogP contribution in [0, 0.1) is 6.92 Å². The number of thiazole rings is 1. The van der Waals surface area contributed by atoms with Crippen molar-refractivity contribution in [3.63, 3.8) is 0 Å². The number of hydrogen-bond donors (Lipinski definition) is 2. The van der Waals surface area contributed by atoms with Crippen LogP contribution in [-0.2, 0) is 6.54 Å². The van der Waals surface area contributed by atoms with Gasteiger partial charge in [0, 0.05) is 17.6 Å². The van der Waals surface area contributed by atoms with Crippen LogP contribution < -0.4 is 10.6 Å². The second-order valence-electron chi connectivity index (χ2n) is 3.23. The molecule has 4 heteroatoms. The van der Waals surface area contributed by atoms with Gasteiger partial charge in [-0.25, -0.2) is 4.98 Å². The monoisotopic (exact) mass is 213 g/mol. The first-order chi connectivity index (χ1) is 6.83. The summed E-state index contributed by atoms with van der Waals surface area (Å²) in [5, 5.41) is 7.85. The Morgan fingerprint density at radius 1 is 1.36 bits per heavy atom. The predicted octanol–water partition coefficient (Wildman–Crippen LogP) is 1.54. The zero-order valence-corrected chi connectivity index (χ0v) is 9.78. The van der Waals surface area contributed by atoms with Crippen molar-refractivity contribution in [1.29, 1.82) is 0 Å². The summed E-state index contributed by atoms with van der Waals surface area (Å²) in [6.45, 7) is 8.37. The second-order valence-corrected chi connectivity index (χ2v) is 4.55. The molecule has 14 heavy (non-hydrogen) atoms. The number of rotatable bonds is 7. The Labute approximate surface area is 89.9 Å². The van der Waals surface area contributed by atoms with E-state index in [1.807, 2.05) is 13.1 Å². The summed E-state index contributed by atoms with van der Waals surface area (Å²) in [5.41, 5.74) is 0. The molecule has 1 rings (SSSR count). The highest BCUT2D eigenvalue weighted by molar-refractivity contribution is 7.11. The third-order valence-corrected chi connectivity index (χ3v) is 2.84. The Morgan fingerprint density at radius 2 is 2.14 bits per heavy atom. The van der Waals surface area contributed by atoms with Gasteiger partial charge in [-0.1, -0.05) is 6.92 Å². The highest BCUT2D eigenvalue weighted by atomic mass is 32.1. The molecule has 80 valence electrons. The molecule has 0 saturated heterocycles. The van der Waals surface area contributed by atoms with Gasteiger partial charge < -0.3 is 10.6 Å². The molecule has 0 saturated carbocycles. The van der Waals surface area contributed by atoms with Crippen molar-refractivity contribution in [2.75, 3.05) is 19.6 Å². The zero-order chi connectivity index (χ0) is 10.2. The number of nitrogens with one attached hydrogen (secondary N) is 2. The van der Waals surface area contributed by atoms with E-state index in [4.69, 9.17) is 0 Å². The maximum absolute atomic E-state index is 4.21. The predicted molar refractivity (Wildman–Crippen MR) is 61.7 cm³/mol. The van der Waals surface area contributed by atoms with Gasteiger partial charge in [-0.15, -0.1) is 11.3 Å². The minimum absolute atomic E-state index is 0.956. The van der Waals surface area contributed by atoms with E-state index < -0.39 is 0 Å². The number of aryl methyl sites for hydroxylation is 1. The fourth-order valence-corrected chi connectivity index (χ4v) is 1.98. The van der Waals surface area contributed by atoms with E-state index in [0.29, 0.717) is 0 Å². The molecule has 0 unspecified atom stereocenters. The van der Waals surface area contributed by atoms with Crippen LogP contribution in [0.3, 0.4) is 0 Å². The summed E-state index contributed by atoms with van der Waals surface area (Å²) < 4.78 is 0. The molecule has 0 aromatic carbocycles. The van der Waals surface area contributed by atoms with Gasteiger partial charge in [0.1, 0.15) is 0 Å². The highest BCUT2D eigenvalue weighted by Gasteiger charge is 1.96. The van der Waals surface area contributed by atoms with Crippen molar-refractivity contribution < 1.29 is 0 Å². The maximum Gasteiger partial charge on any atom is 0.0897 e. The van der Waals surface area contributed by atoms with Crippen molar-refractivity contribution >= 4 is 11.3 Å². The van der Waals surface area contributed by atoms with Crippen molar-refractivity contribution in [2.45, 2.75) is 26.8 Å². The molecule has 0 bridgehead atoms. The van der Waals surface area contributed by atoms with Crippen molar-refractivity contribution in [3.05, 3.63) is 16.1 Å². The van der Waals surface area contributed by atoms with Gasteiger partial charge >= 0.3 is 0 Å². The summed E-state index contributed by atoms with van der Waals surface area (Å²) in [6.07, 6.45) is 3.14. The third-order valence-electron chi connectivity index (χ3n) is 1.93. The number of nitrogens with zero attached hydrogens (tertiary/aromatic N) is 1. The summed E-state index contributed by atoms with van der Waals surface area (Å²) >= 11 is 1.77. The van der Waals surface area contributed by atoms with Gasteiger partial charge in [0.25, 0.3) is 0 Å². The van der Waals surface area contributed by atoms with E-state index in [2.05, 4.69) is 22.5 Å². The van der Waals surface area contributed by atoms with Gasteiger partial charge in [-0.3, -0.25) is 0 Å². The Bertz CT molecular complexity index is 247. The molecule has 0 amide bonds. The number of aromatic nitrogens is 1. The molecule has 0 aliphatic rings. The molecule has 1 heterocycles. The second kappa shape index (κ2) is 6.92. The third kappa shape index (κ3) is 4.69. The van der Waals surface area contributed by atoms with Crippen molar-refractivity contribution in [2.24, 2.45) is 0 Å². The van der Waals surface area contributed by atoms with Crippen molar-refractivity contribution in [1.82, 2.24) is 15.6 Å². The normalized spacial score (nSPS) is 10.7. The van der Waals surface area contributed by atoms with Gasteiger partial charge in [-0.05, 0) is 33.0 Å². The quantitative estimate of drug-likeness (QED) is 0.675. The topological polar surface area (TPSA) is 37.0 Å². The molecule has 1 aromatic heterocycles. The SMILES string of the molecule is CCNCCCNCc1cnc(C)s1. The molecular weight excluding hydrogens is 194 g/mol. The van der Waals surface area contributed by atoms with E-state index >= 15 is 0 Å². The van der Waals surface area contributed by atoms with Gasteiger partial charge in [0.15, 0.2) is 0 Å². The Kier molecular flexibility index (Phi) is 5.75. The minimum Gasteiger partial charge on any atom is -0.317 e.